The Morgan fingerprint density at radius 1 is 1.31 bits per heavy atom. The number of nitro groups is 1. The minimum atomic E-state index is -0.899. The van der Waals surface area contributed by atoms with Crippen LogP contribution in [-0.2, 0) is 0 Å². The quantitative estimate of drug-likeness (QED) is 0.377. The lowest BCUT2D eigenvalue weighted by atomic mass is 10.0. The molecule has 0 saturated heterocycles. The van der Waals surface area contributed by atoms with Crippen molar-refractivity contribution in [2.24, 2.45) is 0 Å². The van der Waals surface area contributed by atoms with E-state index in [0.29, 0.717) is 11.8 Å². The number of anilines is 1. The first-order valence-electron chi connectivity index (χ1n) is 9.21. The van der Waals surface area contributed by atoms with Crippen LogP contribution in [0.1, 0.15) is 35.8 Å². The van der Waals surface area contributed by atoms with E-state index < -0.39 is 22.3 Å². The summed E-state index contributed by atoms with van der Waals surface area (Å²) in [7, 11) is 1.58. The standard InChI is InChI=1S/C20H25FN4O4/c1-4-24(5-2)18(13-7-6-8-15(9-13)29-3)12-23-20(26)16-10-14(21)11-17(19(16)22)25(27)28/h6-11,18H,4-5,12,22H2,1-3H3,(H,23,26). The molecule has 0 spiro atoms. The number of carbonyl (C=O) groups excluding carboxylic acids is 1. The van der Waals surface area contributed by atoms with Gasteiger partial charge in [0.1, 0.15) is 17.3 Å². The molecule has 0 aliphatic heterocycles. The van der Waals surface area contributed by atoms with Gasteiger partial charge < -0.3 is 15.8 Å². The van der Waals surface area contributed by atoms with Crippen LogP contribution in [0.3, 0.4) is 0 Å². The van der Waals surface area contributed by atoms with Crippen molar-refractivity contribution in [1.29, 1.82) is 0 Å². The zero-order valence-electron chi connectivity index (χ0n) is 16.6. The highest BCUT2D eigenvalue weighted by molar-refractivity contribution is 6.01. The molecule has 1 atom stereocenters. The first kappa shape index (κ1) is 22.1. The molecule has 29 heavy (non-hydrogen) atoms. The molecule has 156 valence electrons. The van der Waals surface area contributed by atoms with E-state index in [4.69, 9.17) is 10.5 Å². The molecule has 0 bridgehead atoms. The van der Waals surface area contributed by atoms with Crippen LogP contribution < -0.4 is 15.8 Å². The number of nitro benzene ring substituents is 1. The molecule has 0 aliphatic rings. The van der Waals surface area contributed by atoms with Gasteiger partial charge in [0, 0.05) is 6.54 Å². The van der Waals surface area contributed by atoms with E-state index in [1.165, 1.54) is 0 Å². The third-order valence-corrected chi connectivity index (χ3v) is 4.75. The number of ether oxygens (including phenoxy) is 1. The fourth-order valence-corrected chi connectivity index (χ4v) is 3.20. The third kappa shape index (κ3) is 5.20. The minimum Gasteiger partial charge on any atom is -0.497 e. The second kappa shape index (κ2) is 9.83. The number of benzene rings is 2. The average molecular weight is 404 g/mol. The molecule has 0 aromatic heterocycles. The molecule has 3 N–H and O–H groups in total. The summed E-state index contributed by atoms with van der Waals surface area (Å²) in [5, 5.41) is 13.8. The molecule has 2 rings (SSSR count). The topological polar surface area (TPSA) is 111 Å². The number of nitrogens with two attached hydrogens (primary N) is 1. The van der Waals surface area contributed by atoms with Gasteiger partial charge >= 0.3 is 0 Å². The second-order valence-electron chi connectivity index (χ2n) is 6.37. The number of nitrogens with one attached hydrogen (secondary N) is 1. The molecule has 1 amide bonds. The molecule has 0 fully saturated rings. The highest BCUT2D eigenvalue weighted by Gasteiger charge is 2.24. The minimum absolute atomic E-state index is 0.172. The monoisotopic (exact) mass is 404 g/mol. The lowest BCUT2D eigenvalue weighted by Crippen LogP contribution is -2.38. The summed E-state index contributed by atoms with van der Waals surface area (Å²) in [6.45, 7) is 5.69. The summed E-state index contributed by atoms with van der Waals surface area (Å²) in [4.78, 5) is 25.0. The highest BCUT2D eigenvalue weighted by Crippen LogP contribution is 2.27. The van der Waals surface area contributed by atoms with Crippen LogP contribution in [0.15, 0.2) is 36.4 Å². The first-order chi connectivity index (χ1) is 13.8. The fraction of sp³-hybridized carbons (Fsp3) is 0.350. The predicted octanol–water partition coefficient (Wildman–Crippen LogP) is 3.14. The van der Waals surface area contributed by atoms with Gasteiger partial charge in [0.05, 0.1) is 29.7 Å². The van der Waals surface area contributed by atoms with Gasteiger partial charge in [-0.1, -0.05) is 26.0 Å². The number of rotatable bonds is 9. The largest absolute Gasteiger partial charge is 0.497 e. The molecule has 2 aromatic carbocycles. The maximum Gasteiger partial charge on any atom is 0.295 e. The molecular weight excluding hydrogens is 379 g/mol. The van der Waals surface area contributed by atoms with Crippen LogP contribution in [0.2, 0.25) is 0 Å². The zero-order valence-corrected chi connectivity index (χ0v) is 16.6. The Hall–Kier alpha value is -3.20. The van der Waals surface area contributed by atoms with Gasteiger partial charge in [-0.15, -0.1) is 0 Å². The van der Waals surface area contributed by atoms with Crippen molar-refractivity contribution >= 4 is 17.3 Å². The van der Waals surface area contributed by atoms with Crippen molar-refractivity contribution in [2.75, 3.05) is 32.5 Å². The van der Waals surface area contributed by atoms with Crippen molar-refractivity contribution in [3.8, 4) is 5.75 Å². The van der Waals surface area contributed by atoms with Crippen molar-refractivity contribution in [2.45, 2.75) is 19.9 Å². The Bertz CT molecular complexity index is 887. The summed E-state index contributed by atoms with van der Waals surface area (Å²) in [5.74, 6) is -0.884. The van der Waals surface area contributed by atoms with Crippen LogP contribution in [0.25, 0.3) is 0 Å². The van der Waals surface area contributed by atoms with E-state index in [9.17, 15) is 19.3 Å². The summed E-state index contributed by atoms with van der Waals surface area (Å²) < 4.78 is 19.0. The zero-order chi connectivity index (χ0) is 21.6. The number of likely N-dealkylation sites (N-methyl/N-ethyl adjacent to an activating group) is 1. The normalized spacial score (nSPS) is 11.9. The maximum absolute atomic E-state index is 13.8. The van der Waals surface area contributed by atoms with E-state index in [0.717, 1.165) is 24.7 Å². The smallest absolute Gasteiger partial charge is 0.295 e. The van der Waals surface area contributed by atoms with Gasteiger partial charge in [-0.3, -0.25) is 19.8 Å². The molecule has 9 heteroatoms. The Morgan fingerprint density at radius 3 is 2.59 bits per heavy atom. The van der Waals surface area contributed by atoms with Crippen molar-refractivity contribution in [3.63, 3.8) is 0 Å². The van der Waals surface area contributed by atoms with Crippen LogP contribution >= 0.6 is 0 Å². The van der Waals surface area contributed by atoms with Crippen molar-refractivity contribution in [3.05, 3.63) is 63.5 Å². The SMILES string of the molecule is CCN(CC)C(CNC(=O)c1cc(F)cc([N+](=O)[O-])c1N)c1cccc(OC)c1. The van der Waals surface area contributed by atoms with E-state index in [1.807, 2.05) is 38.1 Å². The van der Waals surface area contributed by atoms with Crippen molar-refractivity contribution < 1.29 is 18.8 Å². The Balaban J connectivity index is 2.29. The summed E-state index contributed by atoms with van der Waals surface area (Å²) >= 11 is 0. The molecule has 2 aromatic rings. The summed E-state index contributed by atoms with van der Waals surface area (Å²) in [6.07, 6.45) is 0. The number of methoxy groups -OCH3 is 1. The lowest BCUT2D eigenvalue weighted by molar-refractivity contribution is -0.384. The Kier molecular flexibility index (Phi) is 7.49. The van der Waals surface area contributed by atoms with Crippen LogP contribution in [0.4, 0.5) is 15.8 Å². The molecule has 0 radical (unpaired) electrons. The molecule has 8 nitrogen and oxygen atoms in total. The Morgan fingerprint density at radius 2 is 2.00 bits per heavy atom. The number of hydrogen-bond acceptors (Lipinski definition) is 6. The number of halogens is 1. The number of hydrogen-bond donors (Lipinski definition) is 2. The molecule has 0 heterocycles. The molecule has 1 unspecified atom stereocenters. The number of carbonyl (C=O) groups is 1. The van der Waals surface area contributed by atoms with Gasteiger partial charge in [-0.05, 0) is 36.9 Å². The van der Waals surface area contributed by atoms with Gasteiger partial charge in [0.25, 0.3) is 11.6 Å². The predicted molar refractivity (Wildman–Crippen MR) is 108 cm³/mol. The summed E-state index contributed by atoms with van der Waals surface area (Å²) in [5.41, 5.74) is 5.40. The van der Waals surface area contributed by atoms with Crippen LogP contribution in [0, 0.1) is 15.9 Å². The van der Waals surface area contributed by atoms with E-state index in [-0.39, 0.29) is 23.8 Å². The van der Waals surface area contributed by atoms with Gasteiger partial charge in [-0.25, -0.2) is 4.39 Å². The molecule has 0 saturated carbocycles. The molecule has 0 aliphatic carbocycles. The first-order valence-corrected chi connectivity index (χ1v) is 9.21. The van der Waals surface area contributed by atoms with Gasteiger partial charge in [0.15, 0.2) is 0 Å². The van der Waals surface area contributed by atoms with Gasteiger partial charge in [0.2, 0.25) is 0 Å². The number of nitrogens with zero attached hydrogens (tertiary/aromatic N) is 2. The summed E-state index contributed by atoms with van der Waals surface area (Å²) in [6, 6.07) is 8.93. The van der Waals surface area contributed by atoms with E-state index in [1.54, 1.807) is 7.11 Å². The average Bonchev–Trinajstić information content (AvgIpc) is 2.72. The van der Waals surface area contributed by atoms with Crippen LogP contribution in [-0.4, -0.2) is 42.5 Å². The lowest BCUT2D eigenvalue weighted by Gasteiger charge is -2.30. The van der Waals surface area contributed by atoms with E-state index >= 15 is 0 Å². The van der Waals surface area contributed by atoms with Gasteiger partial charge in [-0.2, -0.15) is 0 Å². The fourth-order valence-electron chi connectivity index (χ4n) is 3.20. The second-order valence-corrected chi connectivity index (χ2v) is 6.37. The highest BCUT2D eigenvalue weighted by atomic mass is 19.1. The number of amides is 1. The van der Waals surface area contributed by atoms with Crippen LogP contribution in [0.5, 0.6) is 5.75 Å². The Labute approximate surface area is 168 Å². The molecular formula is C20H25FN4O4. The third-order valence-electron chi connectivity index (χ3n) is 4.75. The number of nitrogen functional groups attached to an aromatic ring is 1. The van der Waals surface area contributed by atoms with E-state index in [2.05, 4.69) is 10.2 Å². The maximum atomic E-state index is 13.8. The van der Waals surface area contributed by atoms with Crippen molar-refractivity contribution in [1.82, 2.24) is 10.2 Å².